The van der Waals surface area contributed by atoms with Crippen molar-refractivity contribution in [2.75, 3.05) is 31.9 Å². The Bertz CT molecular complexity index is 1230. The molecular formula is C28H29F3N4. The fourth-order valence-corrected chi connectivity index (χ4v) is 5.20. The zero-order valence-electron chi connectivity index (χ0n) is 19.5. The van der Waals surface area contributed by atoms with Gasteiger partial charge in [0.25, 0.3) is 0 Å². The van der Waals surface area contributed by atoms with Crippen molar-refractivity contribution < 1.29 is 13.2 Å². The summed E-state index contributed by atoms with van der Waals surface area (Å²) < 4.78 is 38.0. The van der Waals surface area contributed by atoms with Crippen molar-refractivity contribution in [2.24, 2.45) is 0 Å². The van der Waals surface area contributed by atoms with E-state index in [0.717, 1.165) is 59.3 Å². The summed E-state index contributed by atoms with van der Waals surface area (Å²) in [5.74, 6) is 0.775. The molecule has 5 rings (SSSR count). The Morgan fingerprint density at radius 1 is 0.971 bits per heavy atom. The quantitative estimate of drug-likeness (QED) is 0.494. The van der Waals surface area contributed by atoms with Crippen molar-refractivity contribution >= 4 is 11.5 Å². The monoisotopic (exact) mass is 478 g/mol. The molecule has 2 aromatic carbocycles. The lowest BCUT2D eigenvalue weighted by Crippen LogP contribution is -2.39. The maximum Gasteiger partial charge on any atom is 0.401 e. The number of halogens is 3. The van der Waals surface area contributed by atoms with E-state index in [-0.39, 0.29) is 5.92 Å². The number of benzene rings is 2. The molecule has 3 aromatic rings. The predicted octanol–water partition coefficient (Wildman–Crippen LogP) is 5.86. The summed E-state index contributed by atoms with van der Waals surface area (Å²) in [6.07, 6.45) is 0.0668. The van der Waals surface area contributed by atoms with E-state index in [9.17, 15) is 13.2 Å². The molecule has 7 heteroatoms. The molecule has 2 aliphatic heterocycles. The second-order valence-electron chi connectivity index (χ2n) is 9.47. The van der Waals surface area contributed by atoms with Gasteiger partial charge in [-0.2, -0.15) is 13.2 Å². The predicted molar refractivity (Wildman–Crippen MR) is 135 cm³/mol. The second kappa shape index (κ2) is 9.38. The number of hydrogen-bond donors (Lipinski definition) is 2. The first-order chi connectivity index (χ1) is 16.8. The fraction of sp³-hybridized carbons (Fsp3) is 0.321. The van der Waals surface area contributed by atoms with Gasteiger partial charge in [-0.1, -0.05) is 49.0 Å². The lowest BCUT2D eigenvalue weighted by Gasteiger charge is -2.32. The third kappa shape index (κ3) is 5.20. The lowest BCUT2D eigenvalue weighted by atomic mass is 9.88. The van der Waals surface area contributed by atoms with Crippen LogP contribution < -0.4 is 11.1 Å². The number of nitrogens with two attached hydrogens (primary N) is 1. The zero-order valence-corrected chi connectivity index (χ0v) is 19.5. The highest BCUT2D eigenvalue weighted by Crippen LogP contribution is 2.34. The summed E-state index contributed by atoms with van der Waals surface area (Å²) >= 11 is 0. The molecule has 0 atom stereocenters. The van der Waals surface area contributed by atoms with Gasteiger partial charge in [0, 0.05) is 35.1 Å². The van der Waals surface area contributed by atoms with Crippen LogP contribution in [0.5, 0.6) is 0 Å². The van der Waals surface area contributed by atoms with Crippen molar-refractivity contribution in [2.45, 2.75) is 31.4 Å². The van der Waals surface area contributed by atoms with E-state index in [2.05, 4.69) is 65.4 Å². The Morgan fingerprint density at radius 2 is 1.69 bits per heavy atom. The molecule has 0 radical (unpaired) electrons. The highest BCUT2D eigenvalue weighted by molar-refractivity contribution is 5.81. The zero-order chi connectivity index (χ0) is 24.6. The van der Waals surface area contributed by atoms with E-state index >= 15 is 0 Å². The van der Waals surface area contributed by atoms with Crippen molar-refractivity contribution in [3.05, 3.63) is 78.0 Å². The number of fused-ring (bicyclic) bond motifs is 1. The smallest absolute Gasteiger partial charge is 0.385 e. The Morgan fingerprint density at radius 3 is 2.40 bits per heavy atom. The Labute approximate surface area is 203 Å². The van der Waals surface area contributed by atoms with Crippen molar-refractivity contribution in [1.82, 2.24) is 15.2 Å². The Balaban J connectivity index is 1.33. The Kier molecular flexibility index (Phi) is 6.28. The average Bonchev–Trinajstić information content (AvgIpc) is 2.84. The maximum atomic E-state index is 12.7. The van der Waals surface area contributed by atoms with Gasteiger partial charge in [0.2, 0.25) is 0 Å². The third-order valence-electron chi connectivity index (χ3n) is 7.10. The van der Waals surface area contributed by atoms with Crippen molar-refractivity contribution in [3.8, 4) is 22.3 Å². The minimum Gasteiger partial charge on any atom is -0.385 e. The molecule has 1 aromatic heterocycles. The second-order valence-corrected chi connectivity index (χ2v) is 9.47. The summed E-state index contributed by atoms with van der Waals surface area (Å²) in [5, 5.41) is 3.30. The van der Waals surface area contributed by atoms with E-state index in [1.165, 1.54) is 16.0 Å². The topological polar surface area (TPSA) is 54.2 Å². The number of piperidine rings is 1. The van der Waals surface area contributed by atoms with Gasteiger partial charge < -0.3 is 11.1 Å². The molecule has 2 aliphatic rings. The number of nitrogens with one attached hydrogen (secondary N) is 1. The minimum absolute atomic E-state index is 0.286. The van der Waals surface area contributed by atoms with Crippen LogP contribution in [0.15, 0.2) is 61.3 Å². The van der Waals surface area contributed by atoms with Gasteiger partial charge in [-0.25, -0.2) is 4.98 Å². The van der Waals surface area contributed by atoms with E-state index in [1.54, 1.807) is 6.20 Å². The van der Waals surface area contributed by atoms with Crippen LogP contribution in [0.25, 0.3) is 28.0 Å². The van der Waals surface area contributed by atoms with Gasteiger partial charge in [0.05, 0.1) is 6.54 Å². The van der Waals surface area contributed by atoms with E-state index in [4.69, 9.17) is 5.73 Å². The number of nitrogen functional groups attached to an aromatic ring is 1. The summed E-state index contributed by atoms with van der Waals surface area (Å²) in [7, 11) is 0. The third-order valence-corrected chi connectivity index (χ3v) is 7.10. The molecule has 1 fully saturated rings. The van der Waals surface area contributed by atoms with Crippen LogP contribution in [0.4, 0.5) is 19.0 Å². The maximum absolute atomic E-state index is 12.7. The first kappa shape index (κ1) is 23.4. The molecule has 0 aliphatic carbocycles. The van der Waals surface area contributed by atoms with Gasteiger partial charge in [0.1, 0.15) is 5.82 Å². The summed E-state index contributed by atoms with van der Waals surface area (Å²) in [6, 6.07) is 16.7. The summed E-state index contributed by atoms with van der Waals surface area (Å²) in [4.78, 5) is 5.96. The molecule has 0 saturated carbocycles. The summed E-state index contributed by atoms with van der Waals surface area (Å²) in [5.41, 5.74) is 14.7. The fourth-order valence-electron chi connectivity index (χ4n) is 5.20. The molecule has 3 heterocycles. The van der Waals surface area contributed by atoms with Crippen LogP contribution in [0, 0.1) is 0 Å². The number of anilines is 1. The van der Waals surface area contributed by atoms with Crippen molar-refractivity contribution in [1.29, 1.82) is 0 Å². The minimum atomic E-state index is -4.13. The Hall–Kier alpha value is -3.32. The van der Waals surface area contributed by atoms with Crippen LogP contribution in [-0.2, 0) is 6.42 Å². The van der Waals surface area contributed by atoms with Crippen LogP contribution in [-0.4, -0.2) is 42.2 Å². The summed E-state index contributed by atoms with van der Waals surface area (Å²) in [6.45, 7) is 5.09. The number of aromatic nitrogens is 1. The lowest BCUT2D eigenvalue weighted by molar-refractivity contribution is -0.147. The number of likely N-dealkylation sites (tertiary alicyclic amines) is 1. The van der Waals surface area contributed by atoms with Crippen LogP contribution in [0.1, 0.15) is 35.4 Å². The molecule has 3 N–H and O–H groups in total. The molecule has 4 nitrogen and oxygen atoms in total. The van der Waals surface area contributed by atoms with E-state index in [1.807, 2.05) is 0 Å². The average molecular weight is 479 g/mol. The molecule has 0 unspecified atom stereocenters. The molecule has 35 heavy (non-hydrogen) atoms. The molecule has 182 valence electrons. The van der Waals surface area contributed by atoms with Gasteiger partial charge in [-0.05, 0) is 66.6 Å². The number of hydrogen-bond acceptors (Lipinski definition) is 4. The molecule has 0 amide bonds. The van der Waals surface area contributed by atoms with E-state index in [0.29, 0.717) is 18.9 Å². The SMILES string of the molecule is C=C1NCCc2cc(-c3cc(-c4ccc(C5CCN(CC(F)(F)F)CC5)cc4)cnc3N)ccc21. The number of pyridine rings is 1. The highest BCUT2D eigenvalue weighted by atomic mass is 19.4. The van der Waals surface area contributed by atoms with Crippen LogP contribution >= 0.6 is 0 Å². The van der Waals surface area contributed by atoms with Gasteiger partial charge in [-0.15, -0.1) is 0 Å². The largest absolute Gasteiger partial charge is 0.401 e. The van der Waals surface area contributed by atoms with Gasteiger partial charge >= 0.3 is 6.18 Å². The van der Waals surface area contributed by atoms with E-state index < -0.39 is 12.7 Å². The normalized spacial score (nSPS) is 17.2. The first-order valence-electron chi connectivity index (χ1n) is 12.0. The molecular weight excluding hydrogens is 449 g/mol. The highest BCUT2D eigenvalue weighted by Gasteiger charge is 2.32. The number of rotatable bonds is 4. The van der Waals surface area contributed by atoms with Crippen LogP contribution in [0.3, 0.4) is 0 Å². The molecule has 0 bridgehead atoms. The van der Waals surface area contributed by atoms with Crippen molar-refractivity contribution in [3.63, 3.8) is 0 Å². The standard InChI is InChI=1S/C28H29F3N4/c1-18-25-7-6-22(14-23(25)8-11-33-18)26-15-24(16-34-27(26)32)20-4-2-19(3-5-20)21-9-12-35(13-10-21)17-28(29,30)31/h2-7,14-16,21,33H,1,8-13,17H2,(H2,32,34). The number of alkyl halides is 3. The van der Waals surface area contributed by atoms with Gasteiger partial charge in [-0.3, -0.25) is 4.90 Å². The molecule has 1 saturated heterocycles. The first-order valence-corrected chi connectivity index (χ1v) is 12.0. The molecule has 0 spiro atoms. The van der Waals surface area contributed by atoms with Crippen LogP contribution in [0.2, 0.25) is 0 Å². The van der Waals surface area contributed by atoms with Gasteiger partial charge in [0.15, 0.2) is 0 Å². The number of nitrogens with zero attached hydrogens (tertiary/aromatic N) is 2.